The van der Waals surface area contributed by atoms with E-state index in [4.69, 9.17) is 9.47 Å². The molecule has 0 aromatic heterocycles. The van der Waals surface area contributed by atoms with Gasteiger partial charge in [-0.05, 0) is 53.1 Å². The summed E-state index contributed by atoms with van der Waals surface area (Å²) >= 11 is 0. The maximum absolute atomic E-state index is 11.4. The SMILES string of the molecule is CCOC(=O)/C=C/c1ccc2cc(OCc3ccccc3)ccc2c1. The molecule has 0 spiro atoms. The van der Waals surface area contributed by atoms with E-state index in [1.807, 2.05) is 66.7 Å². The summed E-state index contributed by atoms with van der Waals surface area (Å²) in [5.74, 6) is 0.512. The van der Waals surface area contributed by atoms with E-state index in [1.165, 1.54) is 6.08 Å². The highest BCUT2D eigenvalue weighted by molar-refractivity contribution is 5.90. The van der Waals surface area contributed by atoms with E-state index in [2.05, 4.69) is 0 Å². The van der Waals surface area contributed by atoms with Crippen molar-refractivity contribution in [3.63, 3.8) is 0 Å². The molecule has 0 aliphatic heterocycles. The Morgan fingerprint density at radius 3 is 2.52 bits per heavy atom. The summed E-state index contributed by atoms with van der Waals surface area (Å²) < 4.78 is 10.7. The van der Waals surface area contributed by atoms with Crippen LogP contribution in [0.5, 0.6) is 5.75 Å². The van der Waals surface area contributed by atoms with E-state index < -0.39 is 0 Å². The molecule has 0 aliphatic carbocycles. The molecule has 3 rings (SSSR count). The Morgan fingerprint density at radius 2 is 1.72 bits per heavy atom. The molecule has 3 aromatic carbocycles. The van der Waals surface area contributed by atoms with Crippen LogP contribution in [0.25, 0.3) is 16.8 Å². The summed E-state index contributed by atoms with van der Waals surface area (Å²) in [5.41, 5.74) is 2.10. The van der Waals surface area contributed by atoms with E-state index >= 15 is 0 Å². The molecule has 0 fully saturated rings. The van der Waals surface area contributed by atoms with E-state index in [1.54, 1.807) is 13.0 Å². The zero-order valence-corrected chi connectivity index (χ0v) is 14.1. The first-order chi connectivity index (χ1) is 12.2. The molecule has 25 heavy (non-hydrogen) atoms. The maximum Gasteiger partial charge on any atom is 0.330 e. The Labute approximate surface area is 147 Å². The van der Waals surface area contributed by atoms with Gasteiger partial charge in [-0.1, -0.05) is 48.5 Å². The molecule has 0 radical (unpaired) electrons. The normalized spacial score (nSPS) is 10.9. The van der Waals surface area contributed by atoms with Crippen molar-refractivity contribution in [1.29, 1.82) is 0 Å². The highest BCUT2D eigenvalue weighted by Gasteiger charge is 2.00. The first kappa shape index (κ1) is 16.8. The minimum atomic E-state index is -0.327. The number of esters is 1. The molecule has 0 saturated heterocycles. The lowest BCUT2D eigenvalue weighted by atomic mass is 10.1. The van der Waals surface area contributed by atoms with Crippen LogP contribution in [0, 0.1) is 0 Å². The van der Waals surface area contributed by atoms with Crippen molar-refractivity contribution < 1.29 is 14.3 Å². The molecule has 0 amide bonds. The van der Waals surface area contributed by atoms with Crippen LogP contribution in [0.2, 0.25) is 0 Å². The monoisotopic (exact) mass is 332 g/mol. The van der Waals surface area contributed by atoms with Crippen LogP contribution in [0.1, 0.15) is 18.1 Å². The Morgan fingerprint density at radius 1 is 0.960 bits per heavy atom. The summed E-state index contributed by atoms with van der Waals surface area (Å²) in [6.07, 6.45) is 3.21. The summed E-state index contributed by atoms with van der Waals surface area (Å²) in [4.78, 5) is 11.4. The van der Waals surface area contributed by atoms with Gasteiger partial charge in [0.2, 0.25) is 0 Å². The Bertz CT molecular complexity index is 882. The smallest absolute Gasteiger partial charge is 0.330 e. The van der Waals surface area contributed by atoms with Gasteiger partial charge in [-0.2, -0.15) is 0 Å². The molecule has 126 valence electrons. The fourth-order valence-corrected chi connectivity index (χ4v) is 2.53. The summed E-state index contributed by atoms with van der Waals surface area (Å²) in [5, 5.41) is 2.19. The molecule has 0 saturated carbocycles. The highest BCUT2D eigenvalue weighted by atomic mass is 16.5. The Balaban J connectivity index is 1.71. The van der Waals surface area contributed by atoms with E-state index in [0.717, 1.165) is 27.6 Å². The summed E-state index contributed by atoms with van der Waals surface area (Å²) in [6, 6.07) is 22.1. The lowest BCUT2D eigenvalue weighted by Gasteiger charge is -2.08. The number of rotatable bonds is 6. The lowest BCUT2D eigenvalue weighted by molar-refractivity contribution is -0.137. The number of carbonyl (C=O) groups is 1. The predicted octanol–water partition coefficient (Wildman–Crippen LogP) is 5.00. The van der Waals surface area contributed by atoms with Crippen LogP contribution in [0.4, 0.5) is 0 Å². The fourth-order valence-electron chi connectivity index (χ4n) is 2.53. The highest BCUT2D eigenvalue weighted by Crippen LogP contribution is 2.23. The first-order valence-electron chi connectivity index (χ1n) is 8.30. The average molecular weight is 332 g/mol. The van der Waals surface area contributed by atoms with Gasteiger partial charge in [0.05, 0.1) is 6.61 Å². The molecular formula is C22H20O3. The zero-order chi connectivity index (χ0) is 17.5. The third-order valence-electron chi connectivity index (χ3n) is 3.78. The third-order valence-corrected chi connectivity index (χ3v) is 3.78. The number of ether oxygens (including phenoxy) is 2. The van der Waals surface area contributed by atoms with E-state index in [-0.39, 0.29) is 5.97 Å². The van der Waals surface area contributed by atoms with Crippen molar-refractivity contribution in [3.8, 4) is 5.75 Å². The van der Waals surface area contributed by atoms with Crippen molar-refractivity contribution in [2.45, 2.75) is 13.5 Å². The van der Waals surface area contributed by atoms with Crippen molar-refractivity contribution in [2.75, 3.05) is 6.61 Å². The van der Waals surface area contributed by atoms with Crippen LogP contribution in [-0.4, -0.2) is 12.6 Å². The Kier molecular flexibility index (Phi) is 5.47. The van der Waals surface area contributed by atoms with Crippen LogP contribution in [-0.2, 0) is 16.1 Å². The number of hydrogen-bond acceptors (Lipinski definition) is 3. The standard InChI is InChI=1S/C22H20O3/c1-2-24-22(23)13-9-17-8-10-20-15-21(12-11-19(20)14-17)25-16-18-6-4-3-5-7-18/h3-15H,2,16H2,1H3/b13-9+. The molecule has 3 heteroatoms. The van der Waals surface area contributed by atoms with Gasteiger partial charge < -0.3 is 9.47 Å². The lowest BCUT2D eigenvalue weighted by Crippen LogP contribution is -1.98. The van der Waals surface area contributed by atoms with Gasteiger partial charge in [0, 0.05) is 6.08 Å². The van der Waals surface area contributed by atoms with Crippen molar-refractivity contribution in [2.24, 2.45) is 0 Å². The zero-order valence-electron chi connectivity index (χ0n) is 14.1. The quantitative estimate of drug-likeness (QED) is 0.471. The molecule has 0 bridgehead atoms. The van der Waals surface area contributed by atoms with Crippen LogP contribution < -0.4 is 4.74 Å². The first-order valence-corrected chi connectivity index (χ1v) is 8.30. The van der Waals surface area contributed by atoms with Gasteiger partial charge in [0.15, 0.2) is 0 Å². The van der Waals surface area contributed by atoms with Crippen LogP contribution in [0.3, 0.4) is 0 Å². The Hall–Kier alpha value is -3.07. The van der Waals surface area contributed by atoms with Gasteiger partial charge in [-0.3, -0.25) is 0 Å². The number of benzene rings is 3. The molecule has 0 aliphatic rings. The van der Waals surface area contributed by atoms with Gasteiger partial charge in [0.1, 0.15) is 12.4 Å². The van der Waals surface area contributed by atoms with Gasteiger partial charge in [-0.25, -0.2) is 4.79 Å². The van der Waals surface area contributed by atoms with Gasteiger partial charge >= 0.3 is 5.97 Å². The number of carbonyl (C=O) groups excluding carboxylic acids is 1. The minimum Gasteiger partial charge on any atom is -0.489 e. The topological polar surface area (TPSA) is 35.5 Å². The van der Waals surface area contributed by atoms with E-state index in [9.17, 15) is 4.79 Å². The number of hydrogen-bond donors (Lipinski definition) is 0. The van der Waals surface area contributed by atoms with Crippen molar-refractivity contribution >= 4 is 22.8 Å². The fraction of sp³-hybridized carbons (Fsp3) is 0.136. The van der Waals surface area contributed by atoms with Gasteiger partial charge in [-0.15, -0.1) is 0 Å². The second-order valence-corrected chi connectivity index (χ2v) is 5.63. The van der Waals surface area contributed by atoms with Crippen LogP contribution >= 0.6 is 0 Å². The predicted molar refractivity (Wildman–Crippen MR) is 100 cm³/mol. The molecular weight excluding hydrogens is 312 g/mol. The average Bonchev–Trinajstić information content (AvgIpc) is 2.65. The van der Waals surface area contributed by atoms with E-state index in [0.29, 0.717) is 13.2 Å². The molecule has 0 N–H and O–H groups in total. The third kappa shape index (κ3) is 4.70. The van der Waals surface area contributed by atoms with Crippen molar-refractivity contribution in [3.05, 3.63) is 83.9 Å². The summed E-state index contributed by atoms with van der Waals surface area (Å²) in [6.45, 7) is 2.72. The van der Waals surface area contributed by atoms with Crippen molar-refractivity contribution in [1.82, 2.24) is 0 Å². The summed E-state index contributed by atoms with van der Waals surface area (Å²) in [7, 11) is 0. The second kappa shape index (κ2) is 8.15. The largest absolute Gasteiger partial charge is 0.489 e. The van der Waals surface area contributed by atoms with Crippen LogP contribution in [0.15, 0.2) is 72.8 Å². The second-order valence-electron chi connectivity index (χ2n) is 5.63. The minimum absolute atomic E-state index is 0.327. The molecule has 3 nitrogen and oxygen atoms in total. The molecule has 0 unspecified atom stereocenters. The maximum atomic E-state index is 11.4. The number of fused-ring (bicyclic) bond motifs is 1. The molecule has 0 heterocycles. The molecule has 0 atom stereocenters. The molecule has 3 aromatic rings. The van der Waals surface area contributed by atoms with Gasteiger partial charge in [0.25, 0.3) is 0 Å².